The van der Waals surface area contributed by atoms with Crippen LogP contribution in [0.4, 0.5) is 0 Å². The molecule has 2 aliphatic rings. The number of nitrogens with zero attached hydrogens (tertiary/aromatic N) is 2. The minimum atomic E-state index is -3.38. The van der Waals surface area contributed by atoms with Crippen molar-refractivity contribution in [3.63, 3.8) is 0 Å². The Hall–Kier alpha value is -2.65. The van der Waals surface area contributed by atoms with Crippen molar-refractivity contribution in [2.45, 2.75) is 47.9 Å². The van der Waals surface area contributed by atoms with E-state index < -0.39 is 15.1 Å². The summed E-state index contributed by atoms with van der Waals surface area (Å²) in [5.41, 5.74) is 1.07. The fourth-order valence-corrected chi connectivity index (χ4v) is 6.22. The molecule has 4 rings (SSSR count). The summed E-state index contributed by atoms with van der Waals surface area (Å²) in [6, 6.07) is 17.2. The van der Waals surface area contributed by atoms with Crippen LogP contribution in [0.2, 0.25) is 0 Å². The van der Waals surface area contributed by atoms with Crippen molar-refractivity contribution >= 4 is 15.7 Å². The summed E-state index contributed by atoms with van der Waals surface area (Å²) < 4.78 is 26.0. The van der Waals surface area contributed by atoms with Gasteiger partial charge in [-0.15, -0.1) is 0 Å². The molecule has 0 spiro atoms. The molecule has 2 unspecified atom stereocenters. The zero-order valence-corrected chi connectivity index (χ0v) is 15.6. The Kier molecular flexibility index (Phi) is 4.48. The highest BCUT2D eigenvalue weighted by atomic mass is 32.2. The van der Waals surface area contributed by atoms with Crippen LogP contribution >= 0.6 is 0 Å². The van der Waals surface area contributed by atoms with Crippen LogP contribution in [0.25, 0.3) is 0 Å². The van der Waals surface area contributed by atoms with Gasteiger partial charge in [0, 0.05) is 17.6 Å². The van der Waals surface area contributed by atoms with Crippen molar-refractivity contribution in [2.24, 2.45) is 0 Å². The lowest BCUT2D eigenvalue weighted by molar-refractivity contribution is 0.0598. The summed E-state index contributed by atoms with van der Waals surface area (Å²) in [4.78, 5) is 15.2. The Labute approximate surface area is 159 Å². The average Bonchev–Trinajstić information content (AvgIpc) is 2.97. The number of carbonyl (C=O) groups is 1. The van der Waals surface area contributed by atoms with Crippen LogP contribution < -0.4 is 0 Å². The van der Waals surface area contributed by atoms with Crippen molar-refractivity contribution in [1.29, 1.82) is 5.26 Å². The molecule has 2 atom stereocenters. The van der Waals surface area contributed by atoms with E-state index in [-0.39, 0.29) is 18.0 Å². The summed E-state index contributed by atoms with van der Waals surface area (Å²) in [5, 5.41) is 8.46. The Bertz CT molecular complexity index is 980. The van der Waals surface area contributed by atoms with Gasteiger partial charge in [-0.1, -0.05) is 18.2 Å². The summed E-state index contributed by atoms with van der Waals surface area (Å²) in [5.74, 6) is -0.0671. The fraction of sp³-hybridized carbons (Fsp3) is 0.333. The van der Waals surface area contributed by atoms with Crippen molar-refractivity contribution in [3.05, 3.63) is 65.7 Å². The van der Waals surface area contributed by atoms with Gasteiger partial charge >= 0.3 is 0 Å². The van der Waals surface area contributed by atoms with E-state index in [0.29, 0.717) is 28.9 Å². The Morgan fingerprint density at radius 3 is 2.11 bits per heavy atom. The normalized spacial score (nSPS) is 24.4. The number of hydrogen-bond donors (Lipinski definition) is 0. The average molecular weight is 380 g/mol. The zero-order chi connectivity index (χ0) is 19.0. The SMILES string of the molecule is N#Cc1ccc(C(=O)N2C3CCC2CC(S(=O)(=O)c2ccccc2)C3)cc1. The molecule has 138 valence electrons. The molecular weight excluding hydrogens is 360 g/mol. The molecule has 2 aromatic carbocycles. The highest BCUT2D eigenvalue weighted by Crippen LogP contribution is 2.40. The largest absolute Gasteiger partial charge is 0.333 e. The predicted octanol–water partition coefficient (Wildman–Crippen LogP) is 3.17. The van der Waals surface area contributed by atoms with Crippen molar-refractivity contribution < 1.29 is 13.2 Å². The lowest BCUT2D eigenvalue weighted by Crippen LogP contribution is -2.49. The van der Waals surface area contributed by atoms with E-state index in [1.165, 1.54) is 0 Å². The molecule has 27 heavy (non-hydrogen) atoms. The smallest absolute Gasteiger partial charge is 0.254 e. The van der Waals surface area contributed by atoms with Gasteiger partial charge in [0.25, 0.3) is 5.91 Å². The van der Waals surface area contributed by atoms with Gasteiger partial charge in [-0.25, -0.2) is 8.42 Å². The third-order valence-corrected chi connectivity index (χ3v) is 7.89. The van der Waals surface area contributed by atoms with Gasteiger partial charge in [-0.2, -0.15) is 5.26 Å². The fourth-order valence-electron chi connectivity index (χ4n) is 4.35. The van der Waals surface area contributed by atoms with Gasteiger partial charge < -0.3 is 4.90 Å². The molecule has 2 bridgehead atoms. The first-order chi connectivity index (χ1) is 13.0. The van der Waals surface area contributed by atoms with E-state index in [2.05, 4.69) is 0 Å². The van der Waals surface area contributed by atoms with Crippen LogP contribution in [0.5, 0.6) is 0 Å². The van der Waals surface area contributed by atoms with Gasteiger partial charge in [0.15, 0.2) is 9.84 Å². The van der Waals surface area contributed by atoms with E-state index in [4.69, 9.17) is 5.26 Å². The molecule has 2 saturated heterocycles. The number of sulfone groups is 1. The van der Waals surface area contributed by atoms with E-state index in [0.717, 1.165) is 12.8 Å². The molecule has 0 saturated carbocycles. The molecule has 0 aliphatic carbocycles. The van der Waals surface area contributed by atoms with Crippen molar-refractivity contribution in [3.8, 4) is 6.07 Å². The monoisotopic (exact) mass is 380 g/mol. The highest BCUT2D eigenvalue weighted by Gasteiger charge is 2.47. The van der Waals surface area contributed by atoms with E-state index in [1.54, 1.807) is 48.5 Å². The van der Waals surface area contributed by atoms with E-state index in [1.807, 2.05) is 17.0 Å². The van der Waals surface area contributed by atoms with Crippen molar-refractivity contribution in [2.75, 3.05) is 0 Å². The maximum absolute atomic E-state index is 13.0. The Morgan fingerprint density at radius 2 is 1.56 bits per heavy atom. The molecule has 0 radical (unpaired) electrons. The molecule has 2 aromatic rings. The third kappa shape index (κ3) is 3.13. The standard InChI is InChI=1S/C21H20N2O3S/c22-14-15-6-8-16(9-7-15)21(24)23-17-10-11-18(23)13-20(12-17)27(25,26)19-4-2-1-3-5-19/h1-9,17-18,20H,10-13H2. The van der Waals surface area contributed by atoms with E-state index in [9.17, 15) is 13.2 Å². The molecule has 2 heterocycles. The minimum absolute atomic E-state index is 0.0459. The first-order valence-electron chi connectivity index (χ1n) is 9.12. The Morgan fingerprint density at radius 1 is 0.963 bits per heavy atom. The highest BCUT2D eigenvalue weighted by molar-refractivity contribution is 7.92. The molecule has 2 aliphatic heterocycles. The maximum atomic E-state index is 13.0. The summed E-state index contributed by atoms with van der Waals surface area (Å²) in [6.45, 7) is 0. The second-order valence-corrected chi connectivity index (χ2v) is 9.47. The zero-order valence-electron chi connectivity index (χ0n) is 14.8. The molecular formula is C21H20N2O3S. The van der Waals surface area contributed by atoms with Crippen LogP contribution in [0.3, 0.4) is 0 Å². The van der Waals surface area contributed by atoms with E-state index >= 15 is 0 Å². The second-order valence-electron chi connectivity index (χ2n) is 7.24. The van der Waals surface area contributed by atoms with Crippen LogP contribution in [0.1, 0.15) is 41.6 Å². The number of amides is 1. The number of carbonyl (C=O) groups excluding carboxylic acids is 1. The topological polar surface area (TPSA) is 78.2 Å². The van der Waals surface area contributed by atoms with Gasteiger partial charge in [-0.05, 0) is 62.1 Å². The number of rotatable bonds is 3. The summed E-state index contributed by atoms with van der Waals surface area (Å²) in [7, 11) is -3.38. The molecule has 6 heteroatoms. The Balaban J connectivity index is 1.55. The second kappa shape index (κ2) is 6.82. The van der Waals surface area contributed by atoms with Gasteiger partial charge in [-0.3, -0.25) is 4.79 Å². The number of piperidine rings is 1. The predicted molar refractivity (Wildman–Crippen MR) is 101 cm³/mol. The van der Waals surface area contributed by atoms with Crippen molar-refractivity contribution in [1.82, 2.24) is 4.90 Å². The first kappa shape index (κ1) is 17.7. The lowest BCUT2D eigenvalue weighted by atomic mass is 10.0. The van der Waals surface area contributed by atoms with Gasteiger partial charge in [0.05, 0.1) is 21.8 Å². The number of fused-ring (bicyclic) bond motifs is 2. The summed E-state index contributed by atoms with van der Waals surface area (Å²) in [6.07, 6.45) is 2.65. The molecule has 0 aromatic heterocycles. The number of hydrogen-bond acceptors (Lipinski definition) is 4. The van der Waals surface area contributed by atoms with Crippen LogP contribution in [0.15, 0.2) is 59.5 Å². The maximum Gasteiger partial charge on any atom is 0.254 e. The van der Waals surface area contributed by atoms with Gasteiger partial charge in [0.1, 0.15) is 0 Å². The summed E-state index contributed by atoms with van der Waals surface area (Å²) >= 11 is 0. The van der Waals surface area contributed by atoms with Gasteiger partial charge in [0.2, 0.25) is 0 Å². The van der Waals surface area contributed by atoms with Crippen LogP contribution in [-0.2, 0) is 9.84 Å². The number of nitriles is 1. The minimum Gasteiger partial charge on any atom is -0.333 e. The van der Waals surface area contributed by atoms with Crippen LogP contribution in [0, 0.1) is 11.3 Å². The first-order valence-corrected chi connectivity index (χ1v) is 10.7. The van der Waals surface area contributed by atoms with Crippen LogP contribution in [-0.4, -0.2) is 36.6 Å². The quantitative estimate of drug-likeness (QED) is 0.819. The molecule has 2 fully saturated rings. The molecule has 1 amide bonds. The third-order valence-electron chi connectivity index (χ3n) is 5.70. The number of benzene rings is 2. The lowest BCUT2D eigenvalue weighted by Gasteiger charge is -2.38. The molecule has 0 N–H and O–H groups in total. The molecule has 5 nitrogen and oxygen atoms in total.